The molecule has 1 saturated heterocycles. The third-order valence-electron chi connectivity index (χ3n) is 3.71. The summed E-state index contributed by atoms with van der Waals surface area (Å²) in [5.74, 6) is 0.703. The highest BCUT2D eigenvalue weighted by molar-refractivity contribution is 7.85. The van der Waals surface area contributed by atoms with Crippen molar-refractivity contribution in [1.29, 1.82) is 0 Å². The minimum atomic E-state index is -0.783. The molecule has 3 nitrogen and oxygen atoms in total. The van der Waals surface area contributed by atoms with Crippen LogP contribution in [0.5, 0.6) is 0 Å². The van der Waals surface area contributed by atoms with Crippen molar-refractivity contribution in [3.63, 3.8) is 0 Å². The Morgan fingerprint density at radius 2 is 2.00 bits per heavy atom. The molecular formula is C16H25NO2S. The van der Waals surface area contributed by atoms with E-state index in [4.69, 9.17) is 4.74 Å². The van der Waals surface area contributed by atoms with Crippen molar-refractivity contribution in [2.24, 2.45) is 0 Å². The van der Waals surface area contributed by atoms with Gasteiger partial charge >= 0.3 is 0 Å². The Bertz CT molecular complexity index is 404. The van der Waals surface area contributed by atoms with Crippen molar-refractivity contribution in [1.82, 2.24) is 5.32 Å². The molecule has 0 spiro atoms. The molecule has 2 atom stereocenters. The van der Waals surface area contributed by atoms with Gasteiger partial charge in [0, 0.05) is 41.1 Å². The van der Waals surface area contributed by atoms with Gasteiger partial charge in [0.1, 0.15) is 0 Å². The minimum absolute atomic E-state index is 0.194. The maximum absolute atomic E-state index is 12.6. The van der Waals surface area contributed by atoms with Gasteiger partial charge in [0.25, 0.3) is 0 Å². The third kappa shape index (κ3) is 4.69. The molecule has 0 aromatic heterocycles. The summed E-state index contributed by atoms with van der Waals surface area (Å²) in [6, 6.07) is 10.6. The summed E-state index contributed by atoms with van der Waals surface area (Å²) < 4.78 is 17.9. The maximum atomic E-state index is 12.6. The average molecular weight is 295 g/mol. The highest BCUT2D eigenvalue weighted by Crippen LogP contribution is 2.19. The van der Waals surface area contributed by atoms with Crippen molar-refractivity contribution in [2.45, 2.75) is 37.5 Å². The van der Waals surface area contributed by atoms with E-state index in [9.17, 15) is 4.21 Å². The number of hydrogen-bond donors (Lipinski definition) is 1. The summed E-state index contributed by atoms with van der Waals surface area (Å²) in [7, 11) is -0.783. The molecule has 1 aromatic rings. The average Bonchev–Trinajstić information content (AvgIpc) is 2.53. The van der Waals surface area contributed by atoms with E-state index in [1.54, 1.807) is 0 Å². The van der Waals surface area contributed by atoms with Crippen LogP contribution in [0, 0.1) is 0 Å². The Morgan fingerprint density at radius 1 is 1.30 bits per heavy atom. The SMILES string of the molecule is CCCNC(CS(=O)C1CCOCC1)c1ccccc1. The Kier molecular flexibility index (Phi) is 6.70. The largest absolute Gasteiger partial charge is 0.381 e. The molecule has 0 bridgehead atoms. The summed E-state index contributed by atoms with van der Waals surface area (Å²) in [6.45, 7) is 4.64. The van der Waals surface area contributed by atoms with Crippen molar-refractivity contribution < 1.29 is 8.95 Å². The van der Waals surface area contributed by atoms with Crippen LogP contribution in [-0.2, 0) is 15.5 Å². The molecule has 4 heteroatoms. The normalized spacial score (nSPS) is 19.6. The lowest BCUT2D eigenvalue weighted by Crippen LogP contribution is -2.32. The number of rotatable bonds is 7. The van der Waals surface area contributed by atoms with Gasteiger partial charge in [-0.3, -0.25) is 4.21 Å². The van der Waals surface area contributed by atoms with Crippen molar-refractivity contribution >= 4 is 10.8 Å². The van der Waals surface area contributed by atoms with E-state index in [1.807, 2.05) is 18.2 Å². The Balaban J connectivity index is 1.97. The molecule has 1 aliphatic rings. The van der Waals surface area contributed by atoms with Gasteiger partial charge in [-0.2, -0.15) is 0 Å². The second kappa shape index (κ2) is 8.55. The lowest BCUT2D eigenvalue weighted by molar-refractivity contribution is 0.0992. The molecule has 2 rings (SSSR count). The monoisotopic (exact) mass is 295 g/mol. The van der Waals surface area contributed by atoms with Crippen LogP contribution in [0.15, 0.2) is 30.3 Å². The smallest absolute Gasteiger partial charge is 0.0477 e. The van der Waals surface area contributed by atoms with E-state index in [2.05, 4.69) is 24.4 Å². The molecule has 1 N–H and O–H groups in total. The molecule has 1 heterocycles. The molecule has 1 aliphatic heterocycles. The van der Waals surface area contributed by atoms with Crippen LogP contribution in [0.25, 0.3) is 0 Å². The van der Waals surface area contributed by atoms with Gasteiger partial charge in [-0.15, -0.1) is 0 Å². The lowest BCUT2D eigenvalue weighted by atomic mass is 10.1. The van der Waals surface area contributed by atoms with E-state index < -0.39 is 10.8 Å². The zero-order valence-corrected chi connectivity index (χ0v) is 13.0. The van der Waals surface area contributed by atoms with Crippen LogP contribution in [0.4, 0.5) is 0 Å². The second-order valence-electron chi connectivity index (χ2n) is 5.28. The highest BCUT2D eigenvalue weighted by atomic mass is 32.2. The van der Waals surface area contributed by atoms with E-state index in [1.165, 1.54) is 5.56 Å². The number of hydrogen-bond acceptors (Lipinski definition) is 3. The number of ether oxygens (including phenoxy) is 1. The molecule has 20 heavy (non-hydrogen) atoms. The summed E-state index contributed by atoms with van der Waals surface area (Å²) in [5, 5.41) is 3.84. The third-order valence-corrected chi connectivity index (χ3v) is 5.59. The Hall–Kier alpha value is -0.710. The van der Waals surface area contributed by atoms with Gasteiger partial charge in [-0.25, -0.2) is 0 Å². The second-order valence-corrected chi connectivity index (χ2v) is 7.04. The van der Waals surface area contributed by atoms with Gasteiger partial charge in [0.15, 0.2) is 0 Å². The molecule has 2 unspecified atom stereocenters. The summed E-state index contributed by atoms with van der Waals surface area (Å²) in [4.78, 5) is 0. The Morgan fingerprint density at radius 3 is 2.65 bits per heavy atom. The van der Waals surface area contributed by atoms with Gasteiger partial charge in [-0.1, -0.05) is 37.3 Å². The van der Waals surface area contributed by atoms with E-state index >= 15 is 0 Å². The van der Waals surface area contributed by atoms with Crippen molar-refractivity contribution in [2.75, 3.05) is 25.5 Å². The molecular weight excluding hydrogens is 270 g/mol. The fourth-order valence-electron chi connectivity index (χ4n) is 2.52. The van der Waals surface area contributed by atoms with Crippen molar-refractivity contribution in [3.8, 4) is 0 Å². The number of nitrogens with one attached hydrogen (secondary N) is 1. The van der Waals surface area contributed by atoms with Crippen LogP contribution in [0.2, 0.25) is 0 Å². The Labute approximate surface area is 124 Å². The maximum Gasteiger partial charge on any atom is 0.0477 e. The molecule has 0 amide bonds. The first kappa shape index (κ1) is 15.7. The fourth-order valence-corrected chi connectivity index (χ4v) is 4.15. The molecule has 0 saturated carbocycles. The molecule has 0 aliphatic carbocycles. The van der Waals surface area contributed by atoms with E-state index in [-0.39, 0.29) is 6.04 Å². The van der Waals surface area contributed by atoms with Crippen LogP contribution >= 0.6 is 0 Å². The zero-order chi connectivity index (χ0) is 14.2. The minimum Gasteiger partial charge on any atom is -0.381 e. The summed E-state index contributed by atoms with van der Waals surface area (Å²) in [6.07, 6.45) is 2.96. The van der Waals surface area contributed by atoms with Crippen molar-refractivity contribution in [3.05, 3.63) is 35.9 Å². The van der Waals surface area contributed by atoms with Crippen LogP contribution in [0.1, 0.15) is 37.8 Å². The topological polar surface area (TPSA) is 38.3 Å². The first-order valence-corrected chi connectivity index (χ1v) is 8.92. The zero-order valence-electron chi connectivity index (χ0n) is 12.2. The molecule has 0 radical (unpaired) electrons. The molecule has 1 fully saturated rings. The predicted molar refractivity (Wildman–Crippen MR) is 84.3 cm³/mol. The van der Waals surface area contributed by atoms with Gasteiger partial charge in [-0.05, 0) is 31.4 Å². The van der Waals surface area contributed by atoms with Crippen LogP contribution in [0.3, 0.4) is 0 Å². The quantitative estimate of drug-likeness (QED) is 0.840. The van der Waals surface area contributed by atoms with Crippen LogP contribution in [-0.4, -0.2) is 35.0 Å². The van der Waals surface area contributed by atoms with Crippen LogP contribution < -0.4 is 5.32 Å². The molecule has 112 valence electrons. The molecule has 1 aromatic carbocycles. The lowest BCUT2D eigenvalue weighted by Gasteiger charge is -2.25. The summed E-state index contributed by atoms with van der Waals surface area (Å²) >= 11 is 0. The van der Waals surface area contributed by atoms with Gasteiger partial charge in [0.2, 0.25) is 0 Å². The fraction of sp³-hybridized carbons (Fsp3) is 0.625. The summed E-state index contributed by atoms with van der Waals surface area (Å²) in [5.41, 5.74) is 1.24. The van der Waals surface area contributed by atoms with E-state index in [0.717, 1.165) is 39.0 Å². The van der Waals surface area contributed by atoms with Gasteiger partial charge < -0.3 is 10.1 Å². The first-order chi connectivity index (χ1) is 9.81. The van der Waals surface area contributed by atoms with E-state index in [0.29, 0.717) is 11.0 Å². The van der Waals surface area contributed by atoms with Gasteiger partial charge in [0.05, 0.1) is 0 Å². The predicted octanol–water partition coefficient (Wildman–Crippen LogP) is 2.66. The number of benzene rings is 1. The first-order valence-electron chi connectivity index (χ1n) is 7.54. The highest BCUT2D eigenvalue weighted by Gasteiger charge is 2.23. The standard InChI is InChI=1S/C16H25NO2S/c1-2-10-17-16(14-6-4-3-5-7-14)13-20(18)15-8-11-19-12-9-15/h3-7,15-17H,2,8-13H2,1H3.